The van der Waals surface area contributed by atoms with Gasteiger partial charge in [-0.25, -0.2) is 10.1 Å². The van der Waals surface area contributed by atoms with E-state index in [-0.39, 0.29) is 11.3 Å². The van der Waals surface area contributed by atoms with Crippen molar-refractivity contribution < 1.29 is 9.53 Å². The third kappa shape index (κ3) is 3.50. The van der Waals surface area contributed by atoms with Crippen molar-refractivity contribution in [2.45, 2.75) is 0 Å². The molecule has 7 nitrogen and oxygen atoms in total. The van der Waals surface area contributed by atoms with E-state index in [4.69, 9.17) is 4.74 Å². The minimum absolute atomic E-state index is 0.126. The lowest BCUT2D eigenvalue weighted by atomic mass is 10.1. The summed E-state index contributed by atoms with van der Waals surface area (Å²) in [4.78, 5) is 24.6. The summed E-state index contributed by atoms with van der Waals surface area (Å²) in [5.41, 5.74) is 3.00. The number of amides is 1. The molecule has 8 heteroatoms. The molecular formula is C18H15BrN4O3. The number of ether oxygens (including phenoxy) is 1. The molecule has 1 heterocycles. The highest BCUT2D eigenvalue weighted by Gasteiger charge is 2.15. The summed E-state index contributed by atoms with van der Waals surface area (Å²) in [6.45, 7) is 0. The van der Waals surface area contributed by atoms with E-state index < -0.39 is 5.91 Å². The number of carbonyl (C=O) groups is 1. The van der Waals surface area contributed by atoms with Gasteiger partial charge in [0.1, 0.15) is 5.75 Å². The van der Waals surface area contributed by atoms with Crippen LogP contribution in [0.15, 0.2) is 56.8 Å². The van der Waals surface area contributed by atoms with Crippen LogP contribution >= 0.6 is 15.9 Å². The van der Waals surface area contributed by atoms with Gasteiger partial charge in [-0.2, -0.15) is 10.2 Å². The average Bonchev–Trinajstić information content (AvgIpc) is 2.65. The molecule has 0 fully saturated rings. The standard InChI is InChI=1S/C18H15BrN4O3/c1-23-18(25)14-6-4-3-5-13(14)16(22-23)17(24)21-20-10-11-9-12(19)7-8-15(11)26-2/h3-10H,1-2H3,(H,21,24)/b20-10+. The third-order valence-corrected chi connectivity index (χ3v) is 4.23. The number of fused-ring (bicyclic) bond motifs is 1. The van der Waals surface area contributed by atoms with Gasteiger partial charge in [0, 0.05) is 22.5 Å². The Morgan fingerprint density at radius 1 is 1.27 bits per heavy atom. The highest BCUT2D eigenvalue weighted by Crippen LogP contribution is 2.21. The zero-order valence-corrected chi connectivity index (χ0v) is 15.6. The molecule has 2 aromatic carbocycles. The lowest BCUT2D eigenvalue weighted by Gasteiger charge is -2.07. The number of hydrogen-bond donors (Lipinski definition) is 1. The molecule has 0 bridgehead atoms. The Kier molecular flexibility index (Phi) is 5.13. The van der Waals surface area contributed by atoms with Gasteiger partial charge < -0.3 is 4.74 Å². The van der Waals surface area contributed by atoms with Crippen LogP contribution in [0, 0.1) is 0 Å². The molecule has 0 saturated carbocycles. The van der Waals surface area contributed by atoms with Crippen molar-refractivity contribution >= 4 is 38.8 Å². The molecule has 0 aliphatic carbocycles. The maximum absolute atomic E-state index is 12.5. The van der Waals surface area contributed by atoms with Gasteiger partial charge in [-0.05, 0) is 24.3 Å². The number of nitrogens with one attached hydrogen (secondary N) is 1. The first kappa shape index (κ1) is 17.8. The topological polar surface area (TPSA) is 85.6 Å². The number of rotatable bonds is 4. The smallest absolute Gasteiger partial charge is 0.292 e. The zero-order valence-electron chi connectivity index (χ0n) is 14.1. The quantitative estimate of drug-likeness (QED) is 0.524. The van der Waals surface area contributed by atoms with E-state index >= 15 is 0 Å². The number of carbonyl (C=O) groups excluding carboxylic acids is 1. The number of hydrogen-bond acceptors (Lipinski definition) is 5. The largest absolute Gasteiger partial charge is 0.496 e. The van der Waals surface area contributed by atoms with Crippen LogP contribution in [0.2, 0.25) is 0 Å². The molecule has 1 N–H and O–H groups in total. The summed E-state index contributed by atoms with van der Waals surface area (Å²) < 4.78 is 7.25. The summed E-state index contributed by atoms with van der Waals surface area (Å²) >= 11 is 3.38. The Bertz CT molecular complexity index is 1080. The summed E-state index contributed by atoms with van der Waals surface area (Å²) in [6, 6.07) is 12.3. The molecule has 0 aliphatic heterocycles. The molecule has 1 aromatic heterocycles. The van der Waals surface area contributed by atoms with Gasteiger partial charge in [-0.1, -0.05) is 34.1 Å². The van der Waals surface area contributed by atoms with Gasteiger partial charge in [0.05, 0.1) is 18.7 Å². The number of nitrogens with zero attached hydrogens (tertiary/aromatic N) is 3. The second-order valence-corrected chi connectivity index (χ2v) is 6.32. The van der Waals surface area contributed by atoms with Crippen LogP contribution in [0.5, 0.6) is 5.75 Å². The molecular weight excluding hydrogens is 400 g/mol. The lowest BCUT2D eigenvalue weighted by molar-refractivity contribution is 0.0950. The molecule has 3 rings (SSSR count). The molecule has 0 spiro atoms. The molecule has 1 amide bonds. The van der Waals surface area contributed by atoms with Gasteiger partial charge in [-0.15, -0.1) is 0 Å². The van der Waals surface area contributed by atoms with E-state index in [0.29, 0.717) is 22.1 Å². The second kappa shape index (κ2) is 7.49. The summed E-state index contributed by atoms with van der Waals surface area (Å²) in [5, 5.41) is 8.93. The number of methoxy groups -OCH3 is 1. The van der Waals surface area contributed by atoms with E-state index in [2.05, 4.69) is 31.6 Å². The van der Waals surface area contributed by atoms with Gasteiger partial charge in [0.2, 0.25) is 0 Å². The van der Waals surface area contributed by atoms with Crippen molar-refractivity contribution in [3.63, 3.8) is 0 Å². The summed E-state index contributed by atoms with van der Waals surface area (Å²) in [5.74, 6) is 0.110. The van der Waals surface area contributed by atoms with Gasteiger partial charge in [0.25, 0.3) is 11.5 Å². The molecule has 0 saturated heterocycles. The maximum atomic E-state index is 12.5. The SMILES string of the molecule is COc1ccc(Br)cc1/C=N/NC(=O)c1nn(C)c(=O)c2ccccc12. The molecule has 0 aliphatic rings. The van der Waals surface area contributed by atoms with Crippen molar-refractivity contribution in [3.8, 4) is 5.75 Å². The first-order chi connectivity index (χ1) is 12.5. The van der Waals surface area contributed by atoms with Crippen LogP contribution in [0.3, 0.4) is 0 Å². The van der Waals surface area contributed by atoms with E-state index in [1.165, 1.54) is 13.3 Å². The predicted octanol–water partition coefficient (Wildman–Crippen LogP) is 2.47. The van der Waals surface area contributed by atoms with E-state index in [9.17, 15) is 9.59 Å². The van der Waals surface area contributed by atoms with Crippen LogP contribution in [-0.2, 0) is 7.05 Å². The third-order valence-electron chi connectivity index (χ3n) is 3.73. The minimum Gasteiger partial charge on any atom is -0.496 e. The van der Waals surface area contributed by atoms with E-state index in [1.807, 2.05) is 12.1 Å². The monoisotopic (exact) mass is 414 g/mol. The van der Waals surface area contributed by atoms with Crippen molar-refractivity contribution in [1.82, 2.24) is 15.2 Å². The Labute approximate surface area is 157 Å². The van der Waals surface area contributed by atoms with Crippen molar-refractivity contribution in [1.29, 1.82) is 0 Å². The molecule has 132 valence electrons. The fourth-order valence-electron chi connectivity index (χ4n) is 2.49. The molecule has 3 aromatic rings. The van der Waals surface area contributed by atoms with Crippen molar-refractivity contribution in [2.75, 3.05) is 7.11 Å². The Hall–Kier alpha value is -3.00. The number of aryl methyl sites for hydroxylation is 1. The summed E-state index contributed by atoms with van der Waals surface area (Å²) in [7, 11) is 3.06. The fraction of sp³-hybridized carbons (Fsp3) is 0.111. The Balaban J connectivity index is 1.90. The molecule has 0 unspecified atom stereocenters. The summed E-state index contributed by atoms with van der Waals surface area (Å²) in [6.07, 6.45) is 1.48. The number of halogens is 1. The highest BCUT2D eigenvalue weighted by atomic mass is 79.9. The van der Waals surface area contributed by atoms with Crippen LogP contribution in [-0.4, -0.2) is 29.0 Å². The predicted molar refractivity (Wildman–Crippen MR) is 103 cm³/mol. The fourth-order valence-corrected chi connectivity index (χ4v) is 2.87. The molecule has 0 atom stereocenters. The van der Waals surface area contributed by atoms with E-state index in [0.717, 1.165) is 9.15 Å². The Morgan fingerprint density at radius 2 is 2.00 bits per heavy atom. The van der Waals surface area contributed by atoms with Gasteiger partial charge in [-0.3, -0.25) is 9.59 Å². The second-order valence-electron chi connectivity index (χ2n) is 5.41. The maximum Gasteiger partial charge on any atom is 0.292 e. The average molecular weight is 415 g/mol. The number of benzene rings is 2. The molecule has 0 radical (unpaired) electrons. The lowest BCUT2D eigenvalue weighted by Crippen LogP contribution is -2.27. The minimum atomic E-state index is -0.512. The molecule has 26 heavy (non-hydrogen) atoms. The van der Waals surface area contributed by atoms with Crippen LogP contribution < -0.4 is 15.7 Å². The number of aromatic nitrogens is 2. The number of hydrazone groups is 1. The zero-order chi connectivity index (χ0) is 18.7. The first-order valence-electron chi connectivity index (χ1n) is 7.64. The van der Waals surface area contributed by atoms with Crippen LogP contribution in [0.1, 0.15) is 16.1 Å². The van der Waals surface area contributed by atoms with Crippen LogP contribution in [0.25, 0.3) is 10.8 Å². The van der Waals surface area contributed by atoms with Crippen molar-refractivity contribution in [2.24, 2.45) is 12.1 Å². The first-order valence-corrected chi connectivity index (χ1v) is 8.43. The Morgan fingerprint density at radius 3 is 2.73 bits per heavy atom. The van der Waals surface area contributed by atoms with Gasteiger partial charge >= 0.3 is 0 Å². The highest BCUT2D eigenvalue weighted by molar-refractivity contribution is 9.10. The van der Waals surface area contributed by atoms with Gasteiger partial charge in [0.15, 0.2) is 5.69 Å². The van der Waals surface area contributed by atoms with E-state index in [1.54, 1.807) is 37.4 Å². The van der Waals surface area contributed by atoms with Crippen LogP contribution in [0.4, 0.5) is 0 Å². The normalized spacial score (nSPS) is 11.0. The van der Waals surface area contributed by atoms with Crippen molar-refractivity contribution in [3.05, 3.63) is 68.5 Å².